The second-order valence-corrected chi connectivity index (χ2v) is 4.14. The molecule has 1 fully saturated rings. The molecule has 1 heterocycles. The monoisotopic (exact) mass is 220 g/mol. The second kappa shape index (κ2) is 3.91. The van der Waals surface area contributed by atoms with Crippen molar-refractivity contribution in [1.29, 1.82) is 0 Å². The van der Waals surface area contributed by atoms with E-state index in [1.165, 1.54) is 12.7 Å². The number of esters is 1. The molecule has 0 aliphatic carbocycles. The number of benzene rings is 1. The number of carbonyl (C=O) groups is 1. The van der Waals surface area contributed by atoms with E-state index in [1.54, 1.807) is 0 Å². The Balaban J connectivity index is 2.20. The quantitative estimate of drug-likeness (QED) is 0.580. The SMILES string of the molecule is CCC1(C(=O)OC)OC1c1ccc(C)cc1. The molecule has 2 atom stereocenters. The molecule has 1 aromatic carbocycles. The van der Waals surface area contributed by atoms with Gasteiger partial charge < -0.3 is 9.47 Å². The van der Waals surface area contributed by atoms with Gasteiger partial charge in [0, 0.05) is 0 Å². The molecule has 2 rings (SSSR count). The Morgan fingerprint density at radius 2 is 2.06 bits per heavy atom. The molecule has 1 aliphatic rings. The minimum atomic E-state index is -0.746. The van der Waals surface area contributed by atoms with Gasteiger partial charge in [-0.25, -0.2) is 4.79 Å². The molecule has 0 aromatic heterocycles. The largest absolute Gasteiger partial charge is 0.467 e. The summed E-state index contributed by atoms with van der Waals surface area (Å²) in [4.78, 5) is 11.6. The lowest BCUT2D eigenvalue weighted by Crippen LogP contribution is -2.25. The Morgan fingerprint density at radius 3 is 2.56 bits per heavy atom. The number of hydrogen-bond donors (Lipinski definition) is 0. The Hall–Kier alpha value is -1.35. The van der Waals surface area contributed by atoms with Gasteiger partial charge in [-0.15, -0.1) is 0 Å². The average molecular weight is 220 g/mol. The number of hydrogen-bond acceptors (Lipinski definition) is 3. The molecule has 0 bridgehead atoms. The normalized spacial score (nSPS) is 27.6. The van der Waals surface area contributed by atoms with Crippen LogP contribution in [0.1, 0.15) is 30.6 Å². The summed E-state index contributed by atoms with van der Waals surface area (Å²) in [5.41, 5.74) is 1.49. The van der Waals surface area contributed by atoms with Crippen LogP contribution in [0.3, 0.4) is 0 Å². The van der Waals surface area contributed by atoms with E-state index in [0.29, 0.717) is 6.42 Å². The van der Waals surface area contributed by atoms with Crippen molar-refractivity contribution >= 4 is 5.97 Å². The zero-order valence-corrected chi connectivity index (χ0v) is 9.82. The van der Waals surface area contributed by atoms with Crippen LogP contribution in [0.2, 0.25) is 0 Å². The summed E-state index contributed by atoms with van der Waals surface area (Å²) in [6, 6.07) is 8.05. The molecule has 3 heteroatoms. The van der Waals surface area contributed by atoms with Crippen molar-refractivity contribution in [1.82, 2.24) is 0 Å². The first-order valence-corrected chi connectivity index (χ1v) is 5.47. The van der Waals surface area contributed by atoms with Gasteiger partial charge in [0.15, 0.2) is 5.60 Å². The summed E-state index contributed by atoms with van der Waals surface area (Å²) in [5, 5.41) is 0. The molecule has 0 spiro atoms. The van der Waals surface area contributed by atoms with Gasteiger partial charge in [0.05, 0.1) is 7.11 Å². The van der Waals surface area contributed by atoms with Crippen LogP contribution in [0.5, 0.6) is 0 Å². The van der Waals surface area contributed by atoms with Crippen LogP contribution in [0.15, 0.2) is 24.3 Å². The molecule has 1 aromatic rings. The van der Waals surface area contributed by atoms with Crippen molar-refractivity contribution < 1.29 is 14.3 Å². The zero-order valence-electron chi connectivity index (χ0n) is 9.82. The van der Waals surface area contributed by atoms with Gasteiger partial charge in [-0.2, -0.15) is 0 Å². The lowest BCUT2D eigenvalue weighted by atomic mass is 9.96. The highest BCUT2D eigenvalue weighted by Gasteiger charge is 2.62. The average Bonchev–Trinajstić information content (AvgIpc) is 3.05. The molecule has 0 amide bonds. The van der Waals surface area contributed by atoms with E-state index in [0.717, 1.165) is 5.56 Å². The van der Waals surface area contributed by atoms with Crippen molar-refractivity contribution in [3.63, 3.8) is 0 Å². The van der Waals surface area contributed by atoms with Crippen LogP contribution in [0.25, 0.3) is 0 Å². The third-order valence-electron chi connectivity index (χ3n) is 3.13. The minimum absolute atomic E-state index is 0.148. The van der Waals surface area contributed by atoms with E-state index in [4.69, 9.17) is 9.47 Å². The summed E-state index contributed by atoms with van der Waals surface area (Å²) in [5.74, 6) is -0.277. The number of methoxy groups -OCH3 is 1. The van der Waals surface area contributed by atoms with Crippen LogP contribution in [-0.4, -0.2) is 18.7 Å². The molecule has 1 saturated heterocycles. The fraction of sp³-hybridized carbons (Fsp3) is 0.462. The smallest absolute Gasteiger partial charge is 0.341 e. The van der Waals surface area contributed by atoms with Crippen LogP contribution in [-0.2, 0) is 14.3 Å². The maximum atomic E-state index is 11.6. The van der Waals surface area contributed by atoms with Gasteiger partial charge in [0.25, 0.3) is 0 Å². The third kappa shape index (κ3) is 1.61. The topological polar surface area (TPSA) is 38.8 Å². The van der Waals surface area contributed by atoms with Crippen LogP contribution < -0.4 is 0 Å². The summed E-state index contributed by atoms with van der Waals surface area (Å²) >= 11 is 0. The fourth-order valence-electron chi connectivity index (χ4n) is 2.00. The molecule has 3 nitrogen and oxygen atoms in total. The van der Waals surface area contributed by atoms with Gasteiger partial charge in [-0.05, 0) is 18.9 Å². The Labute approximate surface area is 95.4 Å². The van der Waals surface area contributed by atoms with Crippen molar-refractivity contribution in [3.05, 3.63) is 35.4 Å². The number of ether oxygens (including phenoxy) is 2. The predicted octanol–water partition coefficient (Wildman–Crippen LogP) is 2.39. The number of rotatable bonds is 3. The maximum absolute atomic E-state index is 11.6. The molecule has 0 radical (unpaired) electrons. The van der Waals surface area contributed by atoms with Crippen LogP contribution >= 0.6 is 0 Å². The lowest BCUT2D eigenvalue weighted by molar-refractivity contribution is -0.147. The van der Waals surface area contributed by atoms with E-state index in [1.807, 2.05) is 38.1 Å². The van der Waals surface area contributed by atoms with E-state index in [-0.39, 0.29) is 12.1 Å². The molecule has 1 aliphatic heterocycles. The summed E-state index contributed by atoms with van der Waals surface area (Å²) in [6.07, 6.45) is 0.489. The highest BCUT2D eigenvalue weighted by Crippen LogP contribution is 2.52. The summed E-state index contributed by atoms with van der Waals surface area (Å²) < 4.78 is 10.3. The first kappa shape index (κ1) is 11.1. The Bertz CT molecular complexity index is 396. The minimum Gasteiger partial charge on any atom is -0.467 e. The van der Waals surface area contributed by atoms with E-state index >= 15 is 0 Å². The molecule has 2 unspecified atom stereocenters. The standard InChI is InChI=1S/C13H16O3/c1-4-13(12(14)15-3)11(16-13)10-7-5-9(2)6-8-10/h5-8,11H,4H2,1-3H3. The van der Waals surface area contributed by atoms with E-state index in [2.05, 4.69) is 0 Å². The van der Waals surface area contributed by atoms with Crippen molar-refractivity contribution in [2.75, 3.05) is 7.11 Å². The highest BCUT2D eigenvalue weighted by molar-refractivity contribution is 5.83. The number of epoxide rings is 1. The molecule has 0 N–H and O–H groups in total. The summed E-state index contributed by atoms with van der Waals surface area (Å²) in [6.45, 7) is 3.97. The van der Waals surface area contributed by atoms with Crippen molar-refractivity contribution in [2.24, 2.45) is 0 Å². The summed E-state index contributed by atoms with van der Waals surface area (Å²) in [7, 11) is 1.40. The fourth-order valence-corrected chi connectivity index (χ4v) is 2.00. The first-order valence-electron chi connectivity index (χ1n) is 5.47. The van der Waals surface area contributed by atoms with Gasteiger partial charge in [-0.1, -0.05) is 36.8 Å². The van der Waals surface area contributed by atoms with Crippen LogP contribution in [0.4, 0.5) is 0 Å². The molecular weight excluding hydrogens is 204 g/mol. The van der Waals surface area contributed by atoms with E-state index in [9.17, 15) is 4.79 Å². The Kier molecular flexibility index (Phi) is 2.72. The molecule has 86 valence electrons. The maximum Gasteiger partial charge on any atom is 0.341 e. The van der Waals surface area contributed by atoms with E-state index < -0.39 is 5.60 Å². The first-order chi connectivity index (χ1) is 7.64. The third-order valence-corrected chi connectivity index (χ3v) is 3.13. The van der Waals surface area contributed by atoms with Crippen molar-refractivity contribution in [2.45, 2.75) is 32.0 Å². The molecular formula is C13H16O3. The highest BCUT2D eigenvalue weighted by atomic mass is 16.7. The van der Waals surface area contributed by atoms with Crippen LogP contribution in [0, 0.1) is 6.92 Å². The Morgan fingerprint density at radius 1 is 1.44 bits per heavy atom. The van der Waals surface area contributed by atoms with Gasteiger partial charge in [0.1, 0.15) is 6.10 Å². The zero-order chi connectivity index (χ0) is 11.8. The van der Waals surface area contributed by atoms with Gasteiger partial charge >= 0.3 is 5.97 Å². The lowest BCUT2D eigenvalue weighted by Gasteiger charge is -2.07. The van der Waals surface area contributed by atoms with Gasteiger partial charge in [0.2, 0.25) is 0 Å². The molecule has 0 saturated carbocycles. The van der Waals surface area contributed by atoms with Gasteiger partial charge in [-0.3, -0.25) is 0 Å². The number of carbonyl (C=O) groups excluding carboxylic acids is 1. The number of aryl methyl sites for hydroxylation is 1. The molecule has 16 heavy (non-hydrogen) atoms. The predicted molar refractivity (Wildman–Crippen MR) is 60.0 cm³/mol. The van der Waals surface area contributed by atoms with Crippen molar-refractivity contribution in [3.8, 4) is 0 Å². The second-order valence-electron chi connectivity index (χ2n) is 4.14.